The van der Waals surface area contributed by atoms with E-state index >= 15 is 0 Å². The Morgan fingerprint density at radius 1 is 1.37 bits per heavy atom. The van der Waals surface area contributed by atoms with Gasteiger partial charge in [-0.25, -0.2) is 4.39 Å². The maximum Gasteiger partial charge on any atom is 0.311 e. The number of ether oxygens (including phenoxy) is 1. The summed E-state index contributed by atoms with van der Waals surface area (Å²) in [5, 5.41) is 2.31. The van der Waals surface area contributed by atoms with E-state index in [4.69, 9.17) is 20.8 Å². The minimum absolute atomic E-state index is 0.0226. The predicted molar refractivity (Wildman–Crippen MR) is 93.2 cm³/mol. The first-order valence-corrected chi connectivity index (χ1v) is 8.52. The van der Waals surface area contributed by atoms with Gasteiger partial charge in [-0.1, -0.05) is 11.6 Å². The molecular weight excluding hydrogens is 379 g/mol. The van der Waals surface area contributed by atoms with Gasteiger partial charge in [0.25, 0.3) is 5.91 Å². The van der Waals surface area contributed by atoms with Crippen molar-refractivity contribution < 1.29 is 27.9 Å². The molecule has 1 fully saturated rings. The van der Waals surface area contributed by atoms with Crippen LogP contribution in [0.1, 0.15) is 12.2 Å². The molecule has 0 bridgehead atoms. The van der Waals surface area contributed by atoms with Crippen molar-refractivity contribution in [3.05, 3.63) is 53.2 Å². The summed E-state index contributed by atoms with van der Waals surface area (Å²) in [7, 11) is 0. The monoisotopic (exact) mass is 394 g/mol. The molecular formula is C18H16ClFN2O5. The van der Waals surface area contributed by atoms with Gasteiger partial charge in [0.05, 0.1) is 23.7 Å². The Morgan fingerprint density at radius 3 is 2.89 bits per heavy atom. The summed E-state index contributed by atoms with van der Waals surface area (Å²) in [4.78, 5) is 37.5. The lowest BCUT2D eigenvalue weighted by molar-refractivity contribution is -0.151. The van der Waals surface area contributed by atoms with E-state index in [0.29, 0.717) is 5.76 Å². The van der Waals surface area contributed by atoms with E-state index in [1.807, 2.05) is 0 Å². The van der Waals surface area contributed by atoms with Gasteiger partial charge in [-0.05, 0) is 30.3 Å². The Morgan fingerprint density at radius 2 is 2.19 bits per heavy atom. The highest BCUT2D eigenvalue weighted by atomic mass is 35.5. The van der Waals surface area contributed by atoms with Crippen LogP contribution in [0.5, 0.6) is 0 Å². The number of carbonyl (C=O) groups is 3. The van der Waals surface area contributed by atoms with Crippen LogP contribution in [0.3, 0.4) is 0 Å². The third-order valence-electron chi connectivity index (χ3n) is 4.02. The van der Waals surface area contributed by atoms with E-state index in [9.17, 15) is 18.8 Å². The van der Waals surface area contributed by atoms with Crippen LogP contribution in [0.15, 0.2) is 41.0 Å². The van der Waals surface area contributed by atoms with E-state index < -0.39 is 30.2 Å². The first kappa shape index (κ1) is 18.9. The van der Waals surface area contributed by atoms with Crippen LogP contribution in [-0.4, -0.2) is 35.8 Å². The summed E-state index contributed by atoms with van der Waals surface area (Å²) in [6.45, 7) is -0.0360. The number of hydrogen-bond acceptors (Lipinski definition) is 5. The highest BCUT2D eigenvalue weighted by Crippen LogP contribution is 2.22. The first-order valence-electron chi connectivity index (χ1n) is 8.14. The standard InChI is InChI=1S/C18H16ClFN2O5/c19-14-7-12(3-4-15(14)20)21-16(23)10-27-18(25)11-6-17(24)22(8-11)9-13-2-1-5-26-13/h1-5,7,11H,6,8-10H2,(H,21,23)/t11-/m1/s1. The van der Waals surface area contributed by atoms with Crippen LogP contribution in [0.2, 0.25) is 5.02 Å². The van der Waals surface area contributed by atoms with Gasteiger partial charge in [0.2, 0.25) is 5.91 Å². The molecule has 1 aromatic carbocycles. The lowest BCUT2D eigenvalue weighted by Crippen LogP contribution is -2.28. The second kappa shape index (κ2) is 8.22. The smallest absolute Gasteiger partial charge is 0.311 e. The molecule has 9 heteroatoms. The molecule has 0 unspecified atom stereocenters. The molecule has 2 aromatic rings. The van der Waals surface area contributed by atoms with Gasteiger partial charge < -0.3 is 19.4 Å². The summed E-state index contributed by atoms with van der Waals surface area (Å²) in [6.07, 6.45) is 1.53. The lowest BCUT2D eigenvalue weighted by atomic mass is 10.1. The maximum absolute atomic E-state index is 13.1. The largest absolute Gasteiger partial charge is 0.467 e. The van der Waals surface area contributed by atoms with Crippen molar-refractivity contribution in [3.8, 4) is 0 Å². The first-order chi connectivity index (χ1) is 12.9. The molecule has 142 valence electrons. The number of hydrogen-bond donors (Lipinski definition) is 1. The van der Waals surface area contributed by atoms with E-state index in [0.717, 1.165) is 6.07 Å². The van der Waals surface area contributed by atoms with Gasteiger partial charge in [0.15, 0.2) is 6.61 Å². The Kier molecular flexibility index (Phi) is 5.75. The third-order valence-corrected chi connectivity index (χ3v) is 4.31. The molecule has 0 spiro atoms. The van der Waals surface area contributed by atoms with E-state index in [1.54, 1.807) is 12.1 Å². The number of amides is 2. The Balaban J connectivity index is 1.46. The fourth-order valence-corrected chi connectivity index (χ4v) is 2.88. The lowest BCUT2D eigenvalue weighted by Gasteiger charge is -2.14. The topological polar surface area (TPSA) is 88.9 Å². The van der Waals surface area contributed by atoms with E-state index in [1.165, 1.54) is 23.3 Å². The van der Waals surface area contributed by atoms with Gasteiger partial charge in [-0.15, -0.1) is 0 Å². The Bertz CT molecular complexity index is 855. The molecule has 0 radical (unpaired) electrons. The average Bonchev–Trinajstić information content (AvgIpc) is 3.27. The number of carbonyl (C=O) groups excluding carboxylic acids is 3. The quantitative estimate of drug-likeness (QED) is 0.761. The van der Waals surface area contributed by atoms with Crippen molar-refractivity contribution in [3.63, 3.8) is 0 Å². The number of likely N-dealkylation sites (tertiary alicyclic amines) is 1. The van der Waals surface area contributed by atoms with Crippen LogP contribution >= 0.6 is 11.6 Å². The summed E-state index contributed by atoms with van der Waals surface area (Å²) in [5.41, 5.74) is 0.281. The number of benzene rings is 1. The van der Waals surface area contributed by atoms with Gasteiger partial charge in [0, 0.05) is 18.7 Å². The zero-order valence-electron chi connectivity index (χ0n) is 14.1. The minimum atomic E-state index is -0.638. The molecule has 1 N–H and O–H groups in total. The zero-order valence-corrected chi connectivity index (χ0v) is 14.9. The maximum atomic E-state index is 13.1. The van der Waals surface area contributed by atoms with Gasteiger partial charge in [-0.3, -0.25) is 14.4 Å². The molecule has 1 aliphatic heterocycles. The molecule has 3 rings (SSSR count). The highest BCUT2D eigenvalue weighted by Gasteiger charge is 2.35. The molecule has 1 atom stereocenters. The molecule has 1 aliphatic rings. The second-order valence-corrected chi connectivity index (χ2v) is 6.45. The Labute approximate surface area is 159 Å². The average molecular weight is 395 g/mol. The summed E-state index contributed by atoms with van der Waals surface area (Å²) >= 11 is 5.63. The normalized spacial score (nSPS) is 16.4. The van der Waals surface area contributed by atoms with E-state index in [-0.39, 0.29) is 36.1 Å². The van der Waals surface area contributed by atoms with Gasteiger partial charge in [-0.2, -0.15) is 0 Å². The van der Waals surface area contributed by atoms with Crippen molar-refractivity contribution >= 4 is 35.1 Å². The molecule has 1 aromatic heterocycles. The van der Waals surface area contributed by atoms with Crippen molar-refractivity contribution in [1.82, 2.24) is 4.90 Å². The SMILES string of the molecule is O=C(COC(=O)[C@@H]1CC(=O)N(Cc2ccco2)C1)Nc1ccc(F)c(Cl)c1. The number of halogens is 2. The number of nitrogens with zero attached hydrogens (tertiary/aromatic N) is 1. The number of esters is 1. The molecule has 2 heterocycles. The Hall–Kier alpha value is -2.87. The number of anilines is 1. The molecule has 7 nitrogen and oxygen atoms in total. The molecule has 27 heavy (non-hydrogen) atoms. The fraction of sp³-hybridized carbons (Fsp3) is 0.278. The minimum Gasteiger partial charge on any atom is -0.467 e. The molecule has 0 aliphatic carbocycles. The third kappa shape index (κ3) is 4.85. The predicted octanol–water partition coefficient (Wildman–Crippen LogP) is 2.60. The second-order valence-electron chi connectivity index (χ2n) is 6.04. The van der Waals surface area contributed by atoms with Crippen molar-refractivity contribution in [1.29, 1.82) is 0 Å². The number of rotatable bonds is 6. The summed E-state index contributed by atoms with van der Waals surface area (Å²) in [5.74, 6) is -2.03. The van der Waals surface area contributed by atoms with Gasteiger partial charge in [0.1, 0.15) is 11.6 Å². The van der Waals surface area contributed by atoms with Crippen LogP contribution in [-0.2, 0) is 25.7 Å². The van der Waals surface area contributed by atoms with Crippen LogP contribution in [0.25, 0.3) is 0 Å². The fourth-order valence-electron chi connectivity index (χ4n) is 2.70. The van der Waals surface area contributed by atoms with Crippen LogP contribution in [0.4, 0.5) is 10.1 Å². The zero-order chi connectivity index (χ0) is 19.4. The molecule has 1 saturated heterocycles. The van der Waals surface area contributed by atoms with Crippen molar-refractivity contribution in [2.75, 3.05) is 18.5 Å². The van der Waals surface area contributed by atoms with Crippen LogP contribution in [0, 0.1) is 11.7 Å². The van der Waals surface area contributed by atoms with Gasteiger partial charge >= 0.3 is 5.97 Å². The summed E-state index contributed by atoms with van der Waals surface area (Å²) in [6, 6.07) is 7.16. The highest BCUT2D eigenvalue weighted by molar-refractivity contribution is 6.31. The van der Waals surface area contributed by atoms with E-state index in [2.05, 4.69) is 5.32 Å². The molecule has 0 saturated carbocycles. The van der Waals surface area contributed by atoms with Crippen molar-refractivity contribution in [2.45, 2.75) is 13.0 Å². The van der Waals surface area contributed by atoms with Crippen LogP contribution < -0.4 is 5.32 Å². The molecule has 2 amide bonds. The summed E-state index contributed by atoms with van der Waals surface area (Å²) < 4.78 is 23.3. The van der Waals surface area contributed by atoms with Crippen molar-refractivity contribution in [2.24, 2.45) is 5.92 Å². The number of furan rings is 1. The number of nitrogens with one attached hydrogen (secondary N) is 1.